The van der Waals surface area contributed by atoms with Crippen LogP contribution in [-0.4, -0.2) is 35.6 Å². The molecule has 1 aromatic rings. The summed E-state index contributed by atoms with van der Waals surface area (Å²) in [5.41, 5.74) is 0. The second kappa shape index (κ2) is 6.95. The molecule has 94 valence electrons. The average Bonchev–Trinajstić information content (AvgIpc) is 2.69. The summed E-state index contributed by atoms with van der Waals surface area (Å²) < 4.78 is 9.28. The van der Waals surface area contributed by atoms with E-state index < -0.39 is 0 Å². The smallest absolute Gasteiger partial charge is 0.315 e. The predicted molar refractivity (Wildman–Crippen MR) is 63.8 cm³/mol. The summed E-state index contributed by atoms with van der Waals surface area (Å²) in [5.74, 6) is 1.41. The molecule has 0 saturated heterocycles. The third-order valence-electron chi connectivity index (χ3n) is 1.82. The standard InChI is InChI=1S/C10H14N2O4S/c1-7-5-8(12-16-7)11-9(13)3-4-17-6-10(14)15-2/h5H,3-4,6H2,1-2H3,(H,11,12,13). The summed E-state index contributed by atoms with van der Waals surface area (Å²) in [6.45, 7) is 1.74. The molecule has 0 aromatic carbocycles. The third kappa shape index (κ3) is 5.39. The maximum Gasteiger partial charge on any atom is 0.315 e. The van der Waals surface area contributed by atoms with Gasteiger partial charge in [0.05, 0.1) is 12.9 Å². The van der Waals surface area contributed by atoms with Crippen molar-refractivity contribution in [1.29, 1.82) is 0 Å². The van der Waals surface area contributed by atoms with Crippen LogP contribution in [0, 0.1) is 6.92 Å². The molecular formula is C10H14N2O4S. The van der Waals surface area contributed by atoms with E-state index in [9.17, 15) is 9.59 Å². The highest BCUT2D eigenvalue weighted by Gasteiger charge is 2.07. The highest BCUT2D eigenvalue weighted by atomic mass is 32.2. The molecule has 0 aliphatic heterocycles. The number of hydrogen-bond acceptors (Lipinski definition) is 6. The maximum atomic E-state index is 11.4. The molecular weight excluding hydrogens is 244 g/mol. The minimum absolute atomic E-state index is 0.157. The van der Waals surface area contributed by atoms with E-state index >= 15 is 0 Å². The summed E-state index contributed by atoms with van der Waals surface area (Å²) in [4.78, 5) is 22.2. The number of anilines is 1. The minimum atomic E-state index is -0.289. The van der Waals surface area contributed by atoms with Crippen molar-refractivity contribution in [1.82, 2.24) is 5.16 Å². The Morgan fingerprint density at radius 1 is 1.59 bits per heavy atom. The fraction of sp³-hybridized carbons (Fsp3) is 0.500. The summed E-state index contributed by atoms with van der Waals surface area (Å²) in [7, 11) is 1.34. The van der Waals surface area contributed by atoms with Crippen molar-refractivity contribution in [2.45, 2.75) is 13.3 Å². The highest BCUT2D eigenvalue weighted by Crippen LogP contribution is 2.08. The highest BCUT2D eigenvalue weighted by molar-refractivity contribution is 7.99. The molecule has 7 heteroatoms. The van der Waals surface area contributed by atoms with Gasteiger partial charge in [-0.2, -0.15) is 0 Å². The fourth-order valence-electron chi connectivity index (χ4n) is 1.01. The Labute approximate surface area is 103 Å². The molecule has 0 unspecified atom stereocenters. The number of aromatic nitrogens is 1. The van der Waals surface area contributed by atoms with Crippen LogP contribution in [0.4, 0.5) is 5.82 Å². The van der Waals surface area contributed by atoms with Crippen LogP contribution in [0.2, 0.25) is 0 Å². The third-order valence-corrected chi connectivity index (χ3v) is 2.75. The number of nitrogens with one attached hydrogen (secondary N) is 1. The second-order valence-electron chi connectivity index (χ2n) is 3.25. The zero-order valence-corrected chi connectivity index (χ0v) is 10.5. The van der Waals surface area contributed by atoms with E-state index in [4.69, 9.17) is 4.52 Å². The second-order valence-corrected chi connectivity index (χ2v) is 4.35. The average molecular weight is 258 g/mol. The van der Waals surface area contributed by atoms with Crippen molar-refractivity contribution in [3.8, 4) is 0 Å². The molecule has 0 aliphatic carbocycles. The van der Waals surface area contributed by atoms with Crippen molar-refractivity contribution in [2.24, 2.45) is 0 Å². The van der Waals surface area contributed by atoms with Crippen LogP contribution in [0.25, 0.3) is 0 Å². The summed E-state index contributed by atoms with van der Waals surface area (Å²) in [6, 6.07) is 1.64. The van der Waals surface area contributed by atoms with Crippen LogP contribution in [0.15, 0.2) is 10.6 Å². The number of hydrogen-bond donors (Lipinski definition) is 1. The number of carbonyl (C=O) groups is 2. The van der Waals surface area contributed by atoms with E-state index in [1.54, 1.807) is 13.0 Å². The summed E-state index contributed by atoms with van der Waals surface area (Å²) in [5, 5.41) is 6.23. The van der Waals surface area contributed by atoms with E-state index in [0.717, 1.165) is 0 Å². The largest absolute Gasteiger partial charge is 0.468 e. The van der Waals surface area contributed by atoms with Gasteiger partial charge in [-0.1, -0.05) is 5.16 Å². The Kier molecular flexibility index (Phi) is 5.55. The number of thioether (sulfide) groups is 1. The molecule has 0 fully saturated rings. The van der Waals surface area contributed by atoms with Crippen LogP contribution >= 0.6 is 11.8 Å². The minimum Gasteiger partial charge on any atom is -0.468 e. The Balaban J connectivity index is 2.15. The molecule has 6 nitrogen and oxygen atoms in total. The predicted octanol–water partition coefficient (Wildman–Crippen LogP) is 1.22. The molecule has 0 saturated carbocycles. The number of esters is 1. The Morgan fingerprint density at radius 3 is 2.94 bits per heavy atom. The van der Waals surface area contributed by atoms with E-state index in [0.29, 0.717) is 23.8 Å². The first-order valence-corrected chi connectivity index (χ1v) is 6.15. The molecule has 0 atom stereocenters. The van der Waals surface area contributed by atoms with Crippen molar-refractivity contribution >= 4 is 29.5 Å². The monoisotopic (exact) mass is 258 g/mol. The number of ether oxygens (including phenoxy) is 1. The molecule has 0 spiro atoms. The number of amides is 1. The molecule has 17 heavy (non-hydrogen) atoms. The number of aryl methyl sites for hydroxylation is 1. The molecule has 0 radical (unpaired) electrons. The Bertz CT molecular complexity index is 391. The van der Waals surface area contributed by atoms with Gasteiger partial charge >= 0.3 is 5.97 Å². The van der Waals surface area contributed by atoms with Crippen LogP contribution in [0.3, 0.4) is 0 Å². The topological polar surface area (TPSA) is 81.4 Å². The van der Waals surface area contributed by atoms with Gasteiger partial charge in [0.25, 0.3) is 0 Å². The van der Waals surface area contributed by atoms with Gasteiger partial charge in [0.15, 0.2) is 5.82 Å². The van der Waals surface area contributed by atoms with Crippen LogP contribution in [0.5, 0.6) is 0 Å². The van der Waals surface area contributed by atoms with Crippen LogP contribution in [0.1, 0.15) is 12.2 Å². The summed E-state index contributed by atoms with van der Waals surface area (Å²) >= 11 is 1.35. The van der Waals surface area contributed by atoms with Gasteiger partial charge < -0.3 is 14.6 Å². The zero-order chi connectivity index (χ0) is 12.7. The Hall–Kier alpha value is -1.50. The maximum absolute atomic E-state index is 11.4. The first kappa shape index (κ1) is 13.6. The normalized spacial score (nSPS) is 10.0. The SMILES string of the molecule is COC(=O)CSCCC(=O)Nc1cc(C)on1. The number of carbonyl (C=O) groups excluding carboxylic acids is 2. The number of rotatable bonds is 6. The Morgan fingerprint density at radius 2 is 2.35 bits per heavy atom. The van der Waals surface area contributed by atoms with Gasteiger partial charge in [-0.15, -0.1) is 11.8 Å². The van der Waals surface area contributed by atoms with Crippen LogP contribution in [-0.2, 0) is 14.3 Å². The number of methoxy groups -OCH3 is 1. The lowest BCUT2D eigenvalue weighted by molar-refractivity contribution is -0.137. The molecule has 1 heterocycles. The van der Waals surface area contributed by atoms with Gasteiger partial charge in [0.2, 0.25) is 5.91 Å². The lowest BCUT2D eigenvalue weighted by atomic mass is 10.4. The quantitative estimate of drug-likeness (QED) is 0.610. The van der Waals surface area contributed by atoms with Gasteiger partial charge in [-0.25, -0.2) is 0 Å². The lowest BCUT2D eigenvalue weighted by Gasteiger charge is -2.01. The molecule has 0 bridgehead atoms. The van der Waals surface area contributed by atoms with Gasteiger partial charge in [-0.05, 0) is 6.92 Å². The molecule has 1 aromatic heterocycles. The van der Waals surface area contributed by atoms with Gasteiger partial charge in [0, 0.05) is 18.2 Å². The van der Waals surface area contributed by atoms with Crippen molar-refractivity contribution in [3.63, 3.8) is 0 Å². The van der Waals surface area contributed by atoms with Crippen molar-refractivity contribution < 1.29 is 18.8 Å². The molecule has 1 N–H and O–H groups in total. The van der Waals surface area contributed by atoms with Crippen molar-refractivity contribution in [2.75, 3.05) is 23.9 Å². The fourth-order valence-corrected chi connectivity index (χ4v) is 1.77. The molecule has 1 amide bonds. The number of nitrogens with zero attached hydrogens (tertiary/aromatic N) is 1. The van der Waals surface area contributed by atoms with E-state index in [1.165, 1.54) is 18.9 Å². The first-order chi connectivity index (χ1) is 8.11. The van der Waals surface area contributed by atoms with Crippen LogP contribution < -0.4 is 5.32 Å². The van der Waals surface area contributed by atoms with E-state index in [1.807, 2.05) is 0 Å². The van der Waals surface area contributed by atoms with Crippen molar-refractivity contribution in [3.05, 3.63) is 11.8 Å². The summed E-state index contributed by atoms with van der Waals surface area (Å²) in [6.07, 6.45) is 0.313. The molecule has 0 aliphatic rings. The zero-order valence-electron chi connectivity index (χ0n) is 9.69. The van der Waals surface area contributed by atoms with E-state index in [-0.39, 0.29) is 17.6 Å². The van der Waals surface area contributed by atoms with E-state index in [2.05, 4.69) is 15.2 Å². The molecule has 1 rings (SSSR count). The lowest BCUT2D eigenvalue weighted by Crippen LogP contribution is -2.13. The van der Waals surface area contributed by atoms with Gasteiger partial charge in [0.1, 0.15) is 5.76 Å². The first-order valence-electron chi connectivity index (χ1n) is 4.99. The van der Waals surface area contributed by atoms with Gasteiger partial charge in [-0.3, -0.25) is 9.59 Å².